The van der Waals surface area contributed by atoms with Gasteiger partial charge in [0, 0.05) is 18.2 Å². The van der Waals surface area contributed by atoms with Crippen molar-refractivity contribution in [1.29, 1.82) is 0 Å². The molecule has 0 saturated carbocycles. The molecule has 20 heavy (non-hydrogen) atoms. The number of aromatic nitrogens is 2. The fraction of sp³-hybridized carbons (Fsp3) is 0.471. The number of nitrogens with zero attached hydrogens (tertiary/aromatic N) is 2. The van der Waals surface area contributed by atoms with Crippen molar-refractivity contribution in [1.82, 2.24) is 9.55 Å². The van der Waals surface area contributed by atoms with Crippen molar-refractivity contribution in [3.63, 3.8) is 0 Å². The van der Waals surface area contributed by atoms with Crippen LogP contribution in [0.3, 0.4) is 0 Å². The summed E-state index contributed by atoms with van der Waals surface area (Å²) in [6.07, 6.45) is 3.32. The lowest BCUT2D eigenvalue weighted by molar-refractivity contribution is 0.527. The van der Waals surface area contributed by atoms with Crippen LogP contribution in [0.25, 0.3) is 0 Å². The van der Waals surface area contributed by atoms with Gasteiger partial charge in [0.1, 0.15) is 0 Å². The normalized spacial score (nSPS) is 18.5. The van der Waals surface area contributed by atoms with Crippen LogP contribution in [0.2, 0.25) is 0 Å². The van der Waals surface area contributed by atoms with Crippen molar-refractivity contribution in [2.75, 3.05) is 11.9 Å². The second-order valence-corrected chi connectivity index (χ2v) is 6.75. The van der Waals surface area contributed by atoms with Crippen LogP contribution < -0.4 is 5.32 Å². The molecule has 0 spiro atoms. The highest BCUT2D eigenvalue weighted by molar-refractivity contribution is 5.37. The maximum atomic E-state index is 4.77. The number of nitrogens with one attached hydrogen (secondary N) is 1. The van der Waals surface area contributed by atoms with Gasteiger partial charge < -0.3 is 9.88 Å². The zero-order valence-electron chi connectivity index (χ0n) is 12.8. The largest absolute Gasteiger partial charge is 0.356 e. The van der Waals surface area contributed by atoms with Crippen LogP contribution in [0.1, 0.15) is 50.1 Å². The molecule has 1 aromatic carbocycles. The molecule has 1 N–H and O–H groups in total. The van der Waals surface area contributed by atoms with Gasteiger partial charge >= 0.3 is 0 Å². The van der Waals surface area contributed by atoms with Crippen LogP contribution in [0.15, 0.2) is 30.5 Å². The first-order valence-corrected chi connectivity index (χ1v) is 7.35. The molecule has 0 aliphatic carbocycles. The van der Waals surface area contributed by atoms with Crippen LogP contribution in [-0.2, 0) is 5.41 Å². The Hall–Kier alpha value is -1.77. The Morgan fingerprint density at radius 1 is 1.20 bits per heavy atom. The molecule has 0 amide bonds. The number of benzene rings is 1. The van der Waals surface area contributed by atoms with Crippen LogP contribution in [0.5, 0.6) is 0 Å². The molecule has 2 aromatic rings. The van der Waals surface area contributed by atoms with E-state index in [1.165, 1.54) is 11.1 Å². The van der Waals surface area contributed by atoms with Gasteiger partial charge in [0.15, 0.2) is 0 Å². The van der Waals surface area contributed by atoms with Crippen molar-refractivity contribution >= 4 is 5.95 Å². The standard InChI is InChI=1S/C17H23N3/c1-12-5-7-13(8-6-12)14-9-10-18-16-19-15(11-20(14)16)17(2,3)4/h5-8,11,14H,9-10H2,1-4H3,(H,18,19). The average molecular weight is 269 g/mol. The minimum Gasteiger partial charge on any atom is -0.356 e. The highest BCUT2D eigenvalue weighted by atomic mass is 15.2. The summed E-state index contributed by atoms with van der Waals surface area (Å²) >= 11 is 0. The number of rotatable bonds is 1. The Balaban J connectivity index is 2.01. The van der Waals surface area contributed by atoms with E-state index in [2.05, 4.69) is 68.0 Å². The van der Waals surface area contributed by atoms with Crippen molar-refractivity contribution in [2.45, 2.75) is 45.6 Å². The third kappa shape index (κ3) is 2.33. The van der Waals surface area contributed by atoms with Gasteiger partial charge in [0.2, 0.25) is 5.95 Å². The Labute approximate surface area is 121 Å². The summed E-state index contributed by atoms with van der Waals surface area (Å²) in [7, 11) is 0. The number of anilines is 1. The van der Waals surface area contributed by atoms with Gasteiger partial charge in [-0.25, -0.2) is 4.98 Å². The van der Waals surface area contributed by atoms with Gasteiger partial charge in [0.05, 0.1) is 11.7 Å². The number of fused-ring (bicyclic) bond motifs is 1. The molecule has 0 fully saturated rings. The average Bonchev–Trinajstić information content (AvgIpc) is 2.83. The highest BCUT2D eigenvalue weighted by Crippen LogP contribution is 2.32. The molecule has 1 atom stereocenters. The van der Waals surface area contributed by atoms with E-state index in [4.69, 9.17) is 4.98 Å². The molecule has 3 rings (SSSR count). The van der Waals surface area contributed by atoms with E-state index in [1.807, 2.05) is 0 Å². The van der Waals surface area contributed by atoms with E-state index < -0.39 is 0 Å². The van der Waals surface area contributed by atoms with E-state index in [9.17, 15) is 0 Å². The molecular weight excluding hydrogens is 246 g/mol. The first-order valence-electron chi connectivity index (χ1n) is 7.35. The first kappa shape index (κ1) is 13.2. The zero-order valence-corrected chi connectivity index (χ0v) is 12.8. The Morgan fingerprint density at radius 3 is 2.55 bits per heavy atom. The number of hydrogen-bond donors (Lipinski definition) is 1. The predicted molar refractivity (Wildman–Crippen MR) is 83.4 cm³/mol. The molecular formula is C17H23N3. The molecule has 1 aliphatic heterocycles. The van der Waals surface area contributed by atoms with E-state index in [0.717, 1.165) is 24.6 Å². The molecule has 3 nitrogen and oxygen atoms in total. The monoisotopic (exact) mass is 269 g/mol. The topological polar surface area (TPSA) is 29.9 Å². The molecule has 1 unspecified atom stereocenters. The number of aryl methyl sites for hydroxylation is 1. The maximum Gasteiger partial charge on any atom is 0.203 e. The molecule has 0 saturated heterocycles. The summed E-state index contributed by atoms with van der Waals surface area (Å²) < 4.78 is 2.30. The maximum absolute atomic E-state index is 4.77. The lowest BCUT2D eigenvalue weighted by Crippen LogP contribution is -2.23. The van der Waals surface area contributed by atoms with Gasteiger partial charge in [-0.05, 0) is 18.9 Å². The summed E-state index contributed by atoms with van der Waals surface area (Å²) in [5.74, 6) is 1.01. The third-order valence-electron chi connectivity index (χ3n) is 4.00. The molecule has 106 valence electrons. The van der Waals surface area contributed by atoms with Crippen molar-refractivity contribution < 1.29 is 0 Å². The van der Waals surface area contributed by atoms with Gasteiger partial charge in [-0.2, -0.15) is 0 Å². The number of hydrogen-bond acceptors (Lipinski definition) is 2. The lowest BCUT2D eigenvalue weighted by atomic mass is 9.93. The van der Waals surface area contributed by atoms with Gasteiger partial charge in [-0.3, -0.25) is 0 Å². The quantitative estimate of drug-likeness (QED) is 0.851. The Kier molecular flexibility index (Phi) is 3.08. The van der Waals surface area contributed by atoms with Gasteiger partial charge in [-0.15, -0.1) is 0 Å². The molecule has 1 aliphatic rings. The van der Waals surface area contributed by atoms with E-state index in [0.29, 0.717) is 6.04 Å². The second-order valence-electron chi connectivity index (χ2n) is 6.75. The van der Waals surface area contributed by atoms with E-state index >= 15 is 0 Å². The summed E-state index contributed by atoms with van der Waals surface area (Å²) in [5, 5.41) is 3.42. The van der Waals surface area contributed by atoms with Crippen LogP contribution in [0, 0.1) is 6.92 Å². The Bertz CT molecular complexity index is 602. The third-order valence-corrected chi connectivity index (χ3v) is 4.00. The van der Waals surface area contributed by atoms with Crippen molar-refractivity contribution in [2.24, 2.45) is 0 Å². The Morgan fingerprint density at radius 2 is 1.90 bits per heavy atom. The smallest absolute Gasteiger partial charge is 0.203 e. The second kappa shape index (κ2) is 4.65. The summed E-state index contributed by atoms with van der Waals surface area (Å²) in [5.41, 5.74) is 3.92. The van der Waals surface area contributed by atoms with Gasteiger partial charge in [0.25, 0.3) is 0 Å². The lowest BCUT2D eigenvalue weighted by Gasteiger charge is -2.26. The highest BCUT2D eigenvalue weighted by Gasteiger charge is 2.26. The van der Waals surface area contributed by atoms with Crippen LogP contribution in [-0.4, -0.2) is 16.1 Å². The molecule has 0 radical (unpaired) electrons. The fourth-order valence-electron chi connectivity index (χ4n) is 2.70. The predicted octanol–water partition coefficient (Wildman–Crippen LogP) is 3.89. The summed E-state index contributed by atoms with van der Waals surface area (Å²) in [6, 6.07) is 9.27. The van der Waals surface area contributed by atoms with E-state index in [1.54, 1.807) is 0 Å². The molecule has 0 bridgehead atoms. The van der Waals surface area contributed by atoms with Crippen LogP contribution in [0.4, 0.5) is 5.95 Å². The fourth-order valence-corrected chi connectivity index (χ4v) is 2.70. The zero-order chi connectivity index (χ0) is 14.3. The minimum atomic E-state index is 0.0871. The van der Waals surface area contributed by atoms with Crippen molar-refractivity contribution in [3.8, 4) is 0 Å². The summed E-state index contributed by atoms with van der Waals surface area (Å²) in [6.45, 7) is 9.75. The summed E-state index contributed by atoms with van der Waals surface area (Å²) in [4.78, 5) is 4.77. The molecule has 1 aromatic heterocycles. The number of imidazole rings is 1. The van der Waals surface area contributed by atoms with Crippen LogP contribution >= 0.6 is 0 Å². The SMILES string of the molecule is Cc1ccc(C2CCNc3nc(C(C)(C)C)cn32)cc1. The minimum absolute atomic E-state index is 0.0871. The van der Waals surface area contributed by atoms with E-state index in [-0.39, 0.29) is 5.41 Å². The molecule has 3 heteroatoms. The van der Waals surface area contributed by atoms with Gasteiger partial charge in [-0.1, -0.05) is 50.6 Å². The first-order chi connectivity index (χ1) is 9.45. The molecule has 2 heterocycles. The van der Waals surface area contributed by atoms with Crippen molar-refractivity contribution in [3.05, 3.63) is 47.3 Å².